The summed E-state index contributed by atoms with van der Waals surface area (Å²) < 4.78 is 9.36. The Morgan fingerprint density at radius 1 is 1.07 bits per heavy atom. The maximum Gasteiger partial charge on any atom is 0.417 e. The summed E-state index contributed by atoms with van der Waals surface area (Å²) in [4.78, 5) is 22.0. The molecule has 88 valence electrons. The van der Waals surface area contributed by atoms with Crippen molar-refractivity contribution in [2.45, 2.75) is 6.92 Å². The average molecular weight is 252 g/mol. The zero-order chi connectivity index (χ0) is 11.5. The molecule has 0 radical (unpaired) electrons. The molecule has 0 atom stereocenters. The van der Waals surface area contributed by atoms with E-state index in [2.05, 4.69) is 4.74 Å². The summed E-state index contributed by atoms with van der Waals surface area (Å²) in [6, 6.07) is 0. The van der Waals surface area contributed by atoms with Crippen LogP contribution in [-0.2, 0) is 19.1 Å². The lowest BCUT2D eigenvalue weighted by Gasteiger charge is -2.04. The van der Waals surface area contributed by atoms with E-state index in [4.69, 9.17) is 4.74 Å². The molecule has 0 aromatic heterocycles. The largest absolute Gasteiger partial charge is 0.456 e. The highest BCUT2D eigenvalue weighted by atomic mass is 32.2. The molecule has 0 saturated heterocycles. The van der Waals surface area contributed by atoms with E-state index in [0.717, 1.165) is 5.75 Å². The van der Waals surface area contributed by atoms with Crippen molar-refractivity contribution in [3.8, 4) is 0 Å². The van der Waals surface area contributed by atoms with Gasteiger partial charge < -0.3 is 9.47 Å². The second-order valence-corrected chi connectivity index (χ2v) is 4.84. The minimum atomic E-state index is -0.898. The van der Waals surface area contributed by atoms with E-state index in [0.29, 0.717) is 11.5 Å². The smallest absolute Gasteiger partial charge is 0.417 e. The van der Waals surface area contributed by atoms with Crippen LogP contribution in [0.1, 0.15) is 6.92 Å². The first-order valence-corrected chi connectivity index (χ1v) is 7.17. The summed E-state index contributed by atoms with van der Waals surface area (Å²) in [7, 11) is 0. The Morgan fingerprint density at radius 2 is 1.60 bits per heavy atom. The number of rotatable bonds is 7. The van der Waals surface area contributed by atoms with E-state index < -0.39 is 11.9 Å². The molecule has 0 spiro atoms. The van der Waals surface area contributed by atoms with Crippen LogP contribution in [0.2, 0.25) is 0 Å². The van der Waals surface area contributed by atoms with Crippen molar-refractivity contribution in [2.75, 3.05) is 36.7 Å². The fourth-order valence-corrected chi connectivity index (χ4v) is 1.41. The Hall–Kier alpha value is -0.360. The molecule has 0 saturated carbocycles. The maximum atomic E-state index is 11.0. The van der Waals surface area contributed by atoms with E-state index in [1.807, 2.05) is 13.2 Å². The van der Waals surface area contributed by atoms with Crippen LogP contribution >= 0.6 is 23.5 Å². The molecule has 0 N–H and O–H groups in total. The van der Waals surface area contributed by atoms with Gasteiger partial charge in [0.05, 0.1) is 0 Å². The normalized spacial score (nSPS) is 9.73. The lowest BCUT2D eigenvalue weighted by molar-refractivity contribution is -0.166. The molecule has 15 heavy (non-hydrogen) atoms. The van der Waals surface area contributed by atoms with Gasteiger partial charge in [-0.1, -0.05) is 6.92 Å². The van der Waals surface area contributed by atoms with Crippen LogP contribution in [0, 0.1) is 0 Å². The zero-order valence-corrected chi connectivity index (χ0v) is 10.6. The highest BCUT2D eigenvalue weighted by Crippen LogP contribution is 1.98. The monoisotopic (exact) mass is 252 g/mol. The van der Waals surface area contributed by atoms with Gasteiger partial charge in [0.15, 0.2) is 0 Å². The van der Waals surface area contributed by atoms with Crippen molar-refractivity contribution < 1.29 is 19.1 Å². The number of hydrogen-bond donors (Lipinski definition) is 0. The standard InChI is InChI=1S/C9H16O4S2/c1-3-15-7-5-13-9(11)8(10)12-4-6-14-2/h3-7H2,1-2H3. The van der Waals surface area contributed by atoms with Crippen LogP contribution < -0.4 is 0 Å². The Labute approximate surface area is 98.5 Å². The van der Waals surface area contributed by atoms with E-state index in [9.17, 15) is 9.59 Å². The molecular formula is C9H16O4S2. The number of hydrogen-bond acceptors (Lipinski definition) is 6. The lowest BCUT2D eigenvalue weighted by atomic mass is 10.6. The van der Waals surface area contributed by atoms with E-state index in [1.165, 1.54) is 0 Å². The van der Waals surface area contributed by atoms with Gasteiger partial charge in [0.1, 0.15) is 13.2 Å². The molecule has 0 fully saturated rings. The molecule has 0 heterocycles. The third-order valence-electron chi connectivity index (χ3n) is 1.35. The predicted molar refractivity (Wildman–Crippen MR) is 63.3 cm³/mol. The molecule has 6 heteroatoms. The SMILES string of the molecule is CCSCCOC(=O)C(=O)OCCSC. The van der Waals surface area contributed by atoms with Gasteiger partial charge in [0, 0.05) is 11.5 Å². The highest BCUT2D eigenvalue weighted by Gasteiger charge is 2.16. The summed E-state index contributed by atoms with van der Waals surface area (Å²) in [6.45, 7) is 2.52. The van der Waals surface area contributed by atoms with Crippen LogP contribution in [0.15, 0.2) is 0 Å². The van der Waals surface area contributed by atoms with E-state index in [1.54, 1.807) is 23.5 Å². The third-order valence-corrected chi connectivity index (χ3v) is 2.79. The van der Waals surface area contributed by atoms with Crippen molar-refractivity contribution in [2.24, 2.45) is 0 Å². The summed E-state index contributed by atoms with van der Waals surface area (Å²) in [5.74, 6) is 0.569. The Balaban J connectivity index is 3.47. The molecule has 0 unspecified atom stereocenters. The fourth-order valence-electron chi connectivity index (χ4n) is 0.673. The van der Waals surface area contributed by atoms with Gasteiger partial charge in [-0.05, 0) is 12.0 Å². The minimum absolute atomic E-state index is 0.249. The second kappa shape index (κ2) is 10.2. The summed E-state index contributed by atoms with van der Waals surface area (Å²) in [5, 5.41) is 0. The quantitative estimate of drug-likeness (QED) is 0.385. The Morgan fingerprint density at radius 3 is 2.07 bits per heavy atom. The van der Waals surface area contributed by atoms with Crippen molar-refractivity contribution >= 4 is 35.5 Å². The van der Waals surface area contributed by atoms with Gasteiger partial charge in [-0.25, -0.2) is 9.59 Å². The highest BCUT2D eigenvalue weighted by molar-refractivity contribution is 7.99. The van der Waals surface area contributed by atoms with Crippen LogP contribution in [0.5, 0.6) is 0 Å². The van der Waals surface area contributed by atoms with Gasteiger partial charge in [-0.3, -0.25) is 0 Å². The first-order valence-electron chi connectivity index (χ1n) is 4.63. The lowest BCUT2D eigenvalue weighted by Crippen LogP contribution is -2.22. The van der Waals surface area contributed by atoms with Crippen molar-refractivity contribution in [3.05, 3.63) is 0 Å². The topological polar surface area (TPSA) is 52.6 Å². The number of esters is 2. The maximum absolute atomic E-state index is 11.0. The first-order chi connectivity index (χ1) is 7.22. The molecule has 0 rings (SSSR count). The van der Waals surface area contributed by atoms with Crippen molar-refractivity contribution in [1.82, 2.24) is 0 Å². The van der Waals surface area contributed by atoms with Crippen LogP contribution in [0.3, 0.4) is 0 Å². The van der Waals surface area contributed by atoms with Gasteiger partial charge in [0.25, 0.3) is 0 Å². The third kappa shape index (κ3) is 8.62. The summed E-state index contributed by atoms with van der Waals surface area (Å²) >= 11 is 3.20. The number of carbonyl (C=O) groups is 2. The van der Waals surface area contributed by atoms with Gasteiger partial charge in [0.2, 0.25) is 0 Å². The van der Waals surface area contributed by atoms with Crippen molar-refractivity contribution in [3.63, 3.8) is 0 Å². The molecule has 0 aromatic carbocycles. The summed E-state index contributed by atoms with van der Waals surface area (Å²) in [6.07, 6.45) is 1.90. The minimum Gasteiger partial charge on any atom is -0.456 e. The van der Waals surface area contributed by atoms with Gasteiger partial charge in [-0.15, -0.1) is 0 Å². The number of ether oxygens (including phenoxy) is 2. The van der Waals surface area contributed by atoms with Crippen LogP contribution in [-0.4, -0.2) is 48.7 Å². The Kier molecular flexibility index (Phi) is 9.92. The molecule has 0 aliphatic rings. The summed E-state index contributed by atoms with van der Waals surface area (Å²) in [5.41, 5.74) is 0. The Bertz CT molecular complexity index is 197. The first kappa shape index (κ1) is 14.6. The number of thioether (sulfide) groups is 2. The molecule has 0 amide bonds. The molecule has 0 bridgehead atoms. The van der Waals surface area contributed by atoms with E-state index >= 15 is 0 Å². The van der Waals surface area contributed by atoms with Gasteiger partial charge in [-0.2, -0.15) is 23.5 Å². The molecule has 0 aliphatic carbocycles. The van der Waals surface area contributed by atoms with Crippen LogP contribution in [0.4, 0.5) is 0 Å². The number of carbonyl (C=O) groups excluding carboxylic acids is 2. The van der Waals surface area contributed by atoms with Gasteiger partial charge >= 0.3 is 11.9 Å². The fraction of sp³-hybridized carbons (Fsp3) is 0.778. The average Bonchev–Trinajstić information content (AvgIpc) is 2.24. The predicted octanol–water partition coefficient (Wildman–Crippen LogP) is 1.19. The molecular weight excluding hydrogens is 236 g/mol. The molecule has 4 nitrogen and oxygen atoms in total. The molecule has 0 aliphatic heterocycles. The van der Waals surface area contributed by atoms with Crippen molar-refractivity contribution in [1.29, 1.82) is 0 Å². The zero-order valence-electron chi connectivity index (χ0n) is 8.99. The molecule has 0 aromatic rings. The second-order valence-electron chi connectivity index (χ2n) is 2.46. The van der Waals surface area contributed by atoms with Crippen LogP contribution in [0.25, 0.3) is 0 Å². The van der Waals surface area contributed by atoms with E-state index in [-0.39, 0.29) is 13.2 Å².